The van der Waals surface area contributed by atoms with Crippen molar-refractivity contribution in [3.05, 3.63) is 27.9 Å². The second-order valence-electron chi connectivity index (χ2n) is 4.01. The standard InChI is InChI=1S/C11H17N3O2/c1-4-8(2)6-12-11-5-9(3)10(7-13-11)14(15)16/h5,7-8H,4,6H2,1-3H3,(H,12,13). The van der Waals surface area contributed by atoms with Crippen molar-refractivity contribution in [2.45, 2.75) is 27.2 Å². The highest BCUT2D eigenvalue weighted by molar-refractivity contribution is 5.46. The molecule has 0 aliphatic rings. The number of hydrogen-bond acceptors (Lipinski definition) is 4. The van der Waals surface area contributed by atoms with Gasteiger partial charge >= 0.3 is 0 Å². The topological polar surface area (TPSA) is 68.1 Å². The largest absolute Gasteiger partial charge is 0.370 e. The summed E-state index contributed by atoms with van der Waals surface area (Å²) in [6.07, 6.45) is 2.40. The molecular weight excluding hydrogens is 206 g/mol. The predicted molar refractivity (Wildman–Crippen MR) is 63.6 cm³/mol. The molecule has 0 radical (unpaired) electrons. The highest BCUT2D eigenvalue weighted by atomic mass is 16.6. The van der Waals surface area contributed by atoms with Crippen molar-refractivity contribution in [3.8, 4) is 0 Å². The molecule has 1 heterocycles. The number of nitrogens with one attached hydrogen (secondary N) is 1. The van der Waals surface area contributed by atoms with Gasteiger partial charge in [-0.25, -0.2) is 4.98 Å². The molecule has 0 amide bonds. The summed E-state index contributed by atoms with van der Waals surface area (Å²) in [5.74, 6) is 1.26. The van der Waals surface area contributed by atoms with Crippen LogP contribution in [0, 0.1) is 23.0 Å². The van der Waals surface area contributed by atoms with Gasteiger partial charge in [0.05, 0.1) is 4.92 Å². The predicted octanol–water partition coefficient (Wildman–Crippen LogP) is 2.76. The molecule has 1 aromatic rings. The zero-order valence-corrected chi connectivity index (χ0v) is 9.86. The van der Waals surface area contributed by atoms with Crippen molar-refractivity contribution in [2.24, 2.45) is 5.92 Å². The maximum absolute atomic E-state index is 10.6. The number of aryl methyl sites for hydroxylation is 1. The Labute approximate surface area is 95.0 Å². The van der Waals surface area contributed by atoms with Gasteiger partial charge < -0.3 is 5.32 Å². The van der Waals surface area contributed by atoms with Crippen LogP contribution in [0.1, 0.15) is 25.8 Å². The minimum absolute atomic E-state index is 0.0640. The summed E-state index contributed by atoms with van der Waals surface area (Å²) in [7, 11) is 0. The molecule has 1 aromatic heterocycles. The second kappa shape index (κ2) is 5.44. The van der Waals surface area contributed by atoms with Gasteiger partial charge in [0.25, 0.3) is 5.69 Å². The van der Waals surface area contributed by atoms with Gasteiger partial charge in [-0.15, -0.1) is 0 Å². The summed E-state index contributed by atoms with van der Waals surface area (Å²) >= 11 is 0. The Morgan fingerprint density at radius 3 is 2.81 bits per heavy atom. The van der Waals surface area contributed by atoms with Crippen molar-refractivity contribution in [3.63, 3.8) is 0 Å². The molecule has 0 aliphatic carbocycles. The minimum Gasteiger partial charge on any atom is -0.370 e. The van der Waals surface area contributed by atoms with Crippen molar-refractivity contribution in [1.29, 1.82) is 0 Å². The van der Waals surface area contributed by atoms with Crippen LogP contribution in [0.5, 0.6) is 0 Å². The average molecular weight is 223 g/mol. The van der Waals surface area contributed by atoms with E-state index < -0.39 is 4.92 Å². The Hall–Kier alpha value is -1.65. The lowest BCUT2D eigenvalue weighted by Gasteiger charge is -2.10. The van der Waals surface area contributed by atoms with E-state index in [4.69, 9.17) is 0 Å². The summed E-state index contributed by atoms with van der Waals surface area (Å²) in [5.41, 5.74) is 0.695. The molecule has 0 aliphatic heterocycles. The molecular formula is C11H17N3O2. The van der Waals surface area contributed by atoms with E-state index in [1.54, 1.807) is 13.0 Å². The van der Waals surface area contributed by atoms with Gasteiger partial charge in [-0.2, -0.15) is 0 Å². The molecule has 0 spiro atoms. The number of pyridine rings is 1. The molecule has 88 valence electrons. The van der Waals surface area contributed by atoms with Gasteiger partial charge in [0, 0.05) is 12.1 Å². The van der Waals surface area contributed by atoms with Crippen LogP contribution < -0.4 is 5.32 Å². The number of nitro groups is 1. The summed E-state index contributed by atoms with van der Waals surface area (Å²) in [6, 6.07) is 1.71. The Kier molecular flexibility index (Phi) is 4.22. The molecule has 16 heavy (non-hydrogen) atoms. The van der Waals surface area contributed by atoms with Gasteiger partial charge in [-0.05, 0) is 18.9 Å². The number of hydrogen-bond donors (Lipinski definition) is 1. The first-order valence-electron chi connectivity index (χ1n) is 5.39. The Morgan fingerprint density at radius 2 is 2.31 bits per heavy atom. The minimum atomic E-state index is -0.416. The first-order chi connectivity index (χ1) is 7.54. The van der Waals surface area contributed by atoms with Crippen LogP contribution in [0.25, 0.3) is 0 Å². The molecule has 0 fully saturated rings. The molecule has 1 rings (SSSR count). The highest BCUT2D eigenvalue weighted by Crippen LogP contribution is 2.18. The molecule has 0 aromatic carbocycles. The zero-order valence-electron chi connectivity index (χ0n) is 9.86. The van der Waals surface area contributed by atoms with E-state index >= 15 is 0 Å². The summed E-state index contributed by atoms with van der Waals surface area (Å²) in [5, 5.41) is 13.8. The number of nitrogens with zero attached hydrogens (tertiary/aromatic N) is 2. The third-order valence-corrected chi connectivity index (χ3v) is 2.61. The van der Waals surface area contributed by atoms with Crippen LogP contribution >= 0.6 is 0 Å². The van der Waals surface area contributed by atoms with Gasteiger partial charge in [-0.1, -0.05) is 20.3 Å². The molecule has 0 bridgehead atoms. The first-order valence-corrected chi connectivity index (χ1v) is 5.39. The Balaban J connectivity index is 2.70. The van der Waals surface area contributed by atoms with Crippen LogP contribution in [-0.2, 0) is 0 Å². The van der Waals surface area contributed by atoms with Crippen molar-refractivity contribution < 1.29 is 4.92 Å². The smallest absolute Gasteiger partial charge is 0.290 e. The molecule has 1 atom stereocenters. The summed E-state index contributed by atoms with van der Waals surface area (Å²) in [6.45, 7) is 6.82. The zero-order chi connectivity index (χ0) is 12.1. The molecule has 0 saturated carbocycles. The van der Waals surface area contributed by atoms with E-state index in [1.165, 1.54) is 6.20 Å². The van der Waals surface area contributed by atoms with Crippen LogP contribution in [0.15, 0.2) is 12.3 Å². The van der Waals surface area contributed by atoms with Gasteiger partial charge in [0.1, 0.15) is 12.0 Å². The molecule has 1 unspecified atom stereocenters. The number of anilines is 1. The van der Waals surface area contributed by atoms with E-state index in [0.717, 1.165) is 13.0 Å². The van der Waals surface area contributed by atoms with Crippen molar-refractivity contribution in [1.82, 2.24) is 4.98 Å². The third-order valence-electron chi connectivity index (χ3n) is 2.61. The summed E-state index contributed by atoms with van der Waals surface area (Å²) in [4.78, 5) is 14.2. The lowest BCUT2D eigenvalue weighted by molar-refractivity contribution is -0.385. The first kappa shape index (κ1) is 12.4. The van der Waals surface area contributed by atoms with E-state index in [1.807, 2.05) is 0 Å². The SMILES string of the molecule is CCC(C)CNc1cc(C)c([N+](=O)[O-])cn1. The van der Waals surface area contributed by atoms with Crippen molar-refractivity contribution >= 4 is 11.5 Å². The quantitative estimate of drug-likeness (QED) is 0.615. The van der Waals surface area contributed by atoms with Crippen LogP contribution in [0.2, 0.25) is 0 Å². The van der Waals surface area contributed by atoms with Gasteiger partial charge in [-0.3, -0.25) is 10.1 Å². The second-order valence-corrected chi connectivity index (χ2v) is 4.01. The summed E-state index contributed by atoms with van der Waals surface area (Å²) < 4.78 is 0. The monoisotopic (exact) mass is 223 g/mol. The van der Waals surface area contributed by atoms with E-state index in [-0.39, 0.29) is 5.69 Å². The fourth-order valence-corrected chi connectivity index (χ4v) is 1.26. The highest BCUT2D eigenvalue weighted by Gasteiger charge is 2.11. The van der Waals surface area contributed by atoms with Crippen LogP contribution in [0.4, 0.5) is 11.5 Å². The molecule has 5 heteroatoms. The molecule has 1 N–H and O–H groups in total. The lowest BCUT2D eigenvalue weighted by atomic mass is 10.1. The number of rotatable bonds is 5. The van der Waals surface area contributed by atoms with Crippen LogP contribution in [0.3, 0.4) is 0 Å². The van der Waals surface area contributed by atoms with Gasteiger partial charge in [0.2, 0.25) is 0 Å². The fourth-order valence-electron chi connectivity index (χ4n) is 1.26. The van der Waals surface area contributed by atoms with E-state index in [9.17, 15) is 10.1 Å². The lowest BCUT2D eigenvalue weighted by Crippen LogP contribution is -2.11. The fraction of sp³-hybridized carbons (Fsp3) is 0.545. The molecule has 5 nitrogen and oxygen atoms in total. The molecule has 0 saturated heterocycles. The average Bonchev–Trinajstić information content (AvgIpc) is 2.25. The maximum Gasteiger partial charge on any atom is 0.290 e. The maximum atomic E-state index is 10.6. The Morgan fingerprint density at radius 1 is 1.62 bits per heavy atom. The third kappa shape index (κ3) is 3.18. The van der Waals surface area contributed by atoms with Crippen molar-refractivity contribution in [2.75, 3.05) is 11.9 Å². The Bertz CT molecular complexity index is 379. The normalized spacial score (nSPS) is 12.2. The van der Waals surface area contributed by atoms with Gasteiger partial charge in [0.15, 0.2) is 0 Å². The van der Waals surface area contributed by atoms with Crippen LogP contribution in [-0.4, -0.2) is 16.5 Å². The van der Waals surface area contributed by atoms with E-state index in [0.29, 0.717) is 17.3 Å². The van der Waals surface area contributed by atoms with E-state index in [2.05, 4.69) is 24.1 Å². The number of aromatic nitrogens is 1.